The first-order valence-corrected chi connectivity index (χ1v) is 4.89. The summed E-state index contributed by atoms with van der Waals surface area (Å²) in [6.45, 7) is 4.34. The summed E-state index contributed by atoms with van der Waals surface area (Å²) in [4.78, 5) is 2.40. The summed E-state index contributed by atoms with van der Waals surface area (Å²) >= 11 is 0. The van der Waals surface area contributed by atoms with E-state index in [0.717, 1.165) is 19.5 Å². The van der Waals surface area contributed by atoms with Gasteiger partial charge in [0.15, 0.2) is 0 Å². The minimum Gasteiger partial charge on any atom is -0.364 e. The number of benzene rings is 1. The van der Waals surface area contributed by atoms with Crippen LogP contribution in [0.3, 0.4) is 0 Å². The van der Waals surface area contributed by atoms with Crippen LogP contribution in [0, 0.1) is 0 Å². The second kappa shape index (κ2) is 3.65. The molecular weight excluding hydrogens is 158 g/mol. The number of hydrogen-bond donors (Lipinski definition) is 0. The van der Waals surface area contributed by atoms with Gasteiger partial charge in [0.1, 0.15) is 0 Å². The van der Waals surface area contributed by atoms with Gasteiger partial charge in [0, 0.05) is 18.8 Å². The lowest BCUT2D eigenvalue weighted by atomic mass is 10.1. The molecule has 1 aliphatic heterocycles. The highest BCUT2D eigenvalue weighted by atomic mass is 15.1. The maximum absolute atomic E-state index is 2.40. The zero-order valence-corrected chi connectivity index (χ0v) is 8.03. The quantitative estimate of drug-likeness (QED) is 0.621. The molecule has 0 atom stereocenters. The molecule has 0 fully saturated rings. The van der Waals surface area contributed by atoms with Gasteiger partial charge in [-0.05, 0) is 18.1 Å². The summed E-state index contributed by atoms with van der Waals surface area (Å²) in [6, 6.07) is 8.66. The van der Waals surface area contributed by atoms with Crippen molar-refractivity contribution in [2.45, 2.75) is 13.3 Å². The standard InChI is InChI=1S/C12H15N/c1-2-11-7-3-4-8-12(11)13-9-5-6-10-13/h3-8H,2,9-10H2,1H3. The number of nitrogens with zero attached hydrogens (tertiary/aromatic N) is 1. The molecule has 1 aromatic rings. The lowest BCUT2D eigenvalue weighted by Gasteiger charge is -2.20. The van der Waals surface area contributed by atoms with Gasteiger partial charge in [-0.2, -0.15) is 0 Å². The van der Waals surface area contributed by atoms with Gasteiger partial charge in [-0.3, -0.25) is 0 Å². The SMILES string of the molecule is CCc1ccccc1N1CC=CC1. The lowest BCUT2D eigenvalue weighted by Crippen LogP contribution is -2.19. The number of rotatable bonds is 2. The average Bonchev–Trinajstić information content (AvgIpc) is 2.70. The zero-order valence-electron chi connectivity index (χ0n) is 8.03. The molecule has 68 valence electrons. The summed E-state index contributed by atoms with van der Waals surface area (Å²) < 4.78 is 0. The van der Waals surface area contributed by atoms with Crippen molar-refractivity contribution in [3.05, 3.63) is 42.0 Å². The van der Waals surface area contributed by atoms with Crippen LogP contribution in [0.4, 0.5) is 5.69 Å². The Morgan fingerprint density at radius 1 is 1.15 bits per heavy atom. The number of para-hydroxylation sites is 1. The first-order chi connectivity index (χ1) is 6.42. The van der Waals surface area contributed by atoms with E-state index in [4.69, 9.17) is 0 Å². The van der Waals surface area contributed by atoms with E-state index in [9.17, 15) is 0 Å². The molecule has 1 heterocycles. The van der Waals surface area contributed by atoms with Gasteiger partial charge in [-0.1, -0.05) is 37.3 Å². The van der Waals surface area contributed by atoms with Crippen molar-refractivity contribution in [2.75, 3.05) is 18.0 Å². The van der Waals surface area contributed by atoms with Crippen LogP contribution < -0.4 is 4.90 Å². The largest absolute Gasteiger partial charge is 0.364 e. The average molecular weight is 173 g/mol. The van der Waals surface area contributed by atoms with E-state index < -0.39 is 0 Å². The predicted molar refractivity (Wildman–Crippen MR) is 57.2 cm³/mol. The Kier molecular flexibility index (Phi) is 2.35. The number of aryl methyl sites for hydroxylation is 1. The van der Waals surface area contributed by atoms with Crippen molar-refractivity contribution in [3.63, 3.8) is 0 Å². The van der Waals surface area contributed by atoms with Gasteiger partial charge >= 0.3 is 0 Å². The second-order valence-electron chi connectivity index (χ2n) is 3.36. The maximum Gasteiger partial charge on any atom is 0.0404 e. The summed E-state index contributed by atoms with van der Waals surface area (Å²) in [5.74, 6) is 0. The first-order valence-electron chi connectivity index (χ1n) is 4.89. The molecule has 1 heteroatoms. The molecule has 0 bridgehead atoms. The van der Waals surface area contributed by atoms with E-state index in [0.29, 0.717) is 0 Å². The molecule has 0 amide bonds. The molecular formula is C12H15N. The topological polar surface area (TPSA) is 3.24 Å². The van der Waals surface area contributed by atoms with Crippen LogP contribution in [0.1, 0.15) is 12.5 Å². The predicted octanol–water partition coefficient (Wildman–Crippen LogP) is 2.63. The van der Waals surface area contributed by atoms with Crippen molar-refractivity contribution in [1.29, 1.82) is 0 Å². The molecule has 1 aromatic carbocycles. The number of anilines is 1. The summed E-state index contributed by atoms with van der Waals surface area (Å²) in [6.07, 6.45) is 5.57. The fourth-order valence-corrected chi connectivity index (χ4v) is 1.79. The molecule has 2 rings (SSSR count). The van der Waals surface area contributed by atoms with Crippen molar-refractivity contribution in [1.82, 2.24) is 0 Å². The molecule has 1 aliphatic rings. The van der Waals surface area contributed by atoms with Crippen LogP contribution in [-0.2, 0) is 6.42 Å². The van der Waals surface area contributed by atoms with E-state index in [-0.39, 0.29) is 0 Å². The van der Waals surface area contributed by atoms with Gasteiger partial charge in [0.25, 0.3) is 0 Å². The van der Waals surface area contributed by atoms with E-state index >= 15 is 0 Å². The second-order valence-corrected chi connectivity index (χ2v) is 3.36. The van der Waals surface area contributed by atoms with Crippen molar-refractivity contribution in [2.24, 2.45) is 0 Å². The Balaban J connectivity index is 2.27. The van der Waals surface area contributed by atoms with Crippen LogP contribution in [0.15, 0.2) is 36.4 Å². The van der Waals surface area contributed by atoms with Crippen molar-refractivity contribution < 1.29 is 0 Å². The van der Waals surface area contributed by atoms with Crippen LogP contribution in [0.5, 0.6) is 0 Å². The summed E-state index contributed by atoms with van der Waals surface area (Å²) in [7, 11) is 0. The Bertz CT molecular complexity index is 307. The third-order valence-corrected chi connectivity index (χ3v) is 2.53. The third-order valence-electron chi connectivity index (χ3n) is 2.53. The monoisotopic (exact) mass is 173 g/mol. The van der Waals surface area contributed by atoms with Gasteiger partial charge in [0.05, 0.1) is 0 Å². The summed E-state index contributed by atoms with van der Waals surface area (Å²) in [5.41, 5.74) is 2.85. The highest BCUT2D eigenvalue weighted by Gasteiger charge is 2.09. The molecule has 0 spiro atoms. The van der Waals surface area contributed by atoms with E-state index in [2.05, 4.69) is 48.2 Å². The van der Waals surface area contributed by atoms with Gasteiger partial charge in [-0.25, -0.2) is 0 Å². The fraction of sp³-hybridized carbons (Fsp3) is 0.333. The lowest BCUT2D eigenvalue weighted by molar-refractivity contribution is 0.979. The molecule has 0 radical (unpaired) electrons. The van der Waals surface area contributed by atoms with Crippen LogP contribution in [0.25, 0.3) is 0 Å². The molecule has 0 saturated carbocycles. The number of hydrogen-bond acceptors (Lipinski definition) is 1. The van der Waals surface area contributed by atoms with Gasteiger partial charge in [0.2, 0.25) is 0 Å². The molecule has 0 unspecified atom stereocenters. The Labute approximate surface area is 79.7 Å². The van der Waals surface area contributed by atoms with Crippen LogP contribution in [-0.4, -0.2) is 13.1 Å². The van der Waals surface area contributed by atoms with E-state index in [1.807, 2.05) is 0 Å². The summed E-state index contributed by atoms with van der Waals surface area (Å²) in [5, 5.41) is 0. The fourth-order valence-electron chi connectivity index (χ4n) is 1.79. The smallest absolute Gasteiger partial charge is 0.0404 e. The Morgan fingerprint density at radius 3 is 2.54 bits per heavy atom. The normalized spacial score (nSPS) is 15.3. The van der Waals surface area contributed by atoms with E-state index in [1.165, 1.54) is 11.3 Å². The molecule has 1 nitrogen and oxygen atoms in total. The Hall–Kier alpha value is -1.24. The van der Waals surface area contributed by atoms with Crippen LogP contribution >= 0.6 is 0 Å². The zero-order chi connectivity index (χ0) is 9.10. The molecule has 0 aliphatic carbocycles. The van der Waals surface area contributed by atoms with Crippen molar-refractivity contribution in [3.8, 4) is 0 Å². The molecule has 0 N–H and O–H groups in total. The van der Waals surface area contributed by atoms with E-state index in [1.54, 1.807) is 0 Å². The molecule has 13 heavy (non-hydrogen) atoms. The maximum atomic E-state index is 2.40. The van der Waals surface area contributed by atoms with Gasteiger partial charge in [-0.15, -0.1) is 0 Å². The minimum absolute atomic E-state index is 1.07. The van der Waals surface area contributed by atoms with Crippen molar-refractivity contribution >= 4 is 5.69 Å². The third kappa shape index (κ3) is 1.59. The van der Waals surface area contributed by atoms with Gasteiger partial charge < -0.3 is 4.90 Å². The Morgan fingerprint density at radius 2 is 1.85 bits per heavy atom. The van der Waals surface area contributed by atoms with Crippen LogP contribution in [0.2, 0.25) is 0 Å². The molecule has 0 aromatic heterocycles. The highest BCUT2D eigenvalue weighted by Crippen LogP contribution is 2.22. The highest BCUT2D eigenvalue weighted by molar-refractivity contribution is 5.55. The first kappa shape index (κ1) is 8.36. The molecule has 0 saturated heterocycles. The minimum atomic E-state index is 1.07.